The lowest BCUT2D eigenvalue weighted by Crippen LogP contribution is -1.92. The highest BCUT2D eigenvalue weighted by molar-refractivity contribution is 7.67. The molecule has 160 valence electrons. The van der Waals surface area contributed by atoms with E-state index in [1.165, 1.54) is 77.0 Å². The predicted molar refractivity (Wildman–Crippen MR) is 118 cm³/mol. The van der Waals surface area contributed by atoms with Crippen molar-refractivity contribution in [3.63, 3.8) is 0 Å². The Balaban J connectivity index is 0. The first-order valence-corrected chi connectivity index (χ1v) is 11.5. The lowest BCUT2D eigenvalue weighted by Gasteiger charge is -2.03. The van der Waals surface area contributed by atoms with Crippen LogP contribution in [-0.4, -0.2) is 20.0 Å². The first-order chi connectivity index (χ1) is 12.8. The molecule has 0 saturated heterocycles. The zero-order valence-corrected chi connectivity index (χ0v) is 18.7. The van der Waals surface area contributed by atoms with Crippen LogP contribution in [-0.2, 0) is 15.2 Å². The summed E-state index contributed by atoms with van der Waals surface area (Å²) in [7, 11) is -2.64. The van der Waals surface area contributed by atoms with Crippen molar-refractivity contribution >= 4 is 23.4 Å². The quantitative estimate of drug-likeness (QED) is 0.244. The highest BCUT2D eigenvalue weighted by atomic mass is 35.5. The van der Waals surface area contributed by atoms with Gasteiger partial charge in [0, 0.05) is 12.4 Å². The van der Waals surface area contributed by atoms with Gasteiger partial charge in [0.2, 0.25) is 0 Å². The first kappa shape index (κ1) is 28.6. The third kappa shape index (κ3) is 27.7. The number of rotatable bonds is 16. The van der Waals surface area contributed by atoms with Gasteiger partial charge in [-0.1, -0.05) is 96.5 Å². The van der Waals surface area contributed by atoms with Crippen LogP contribution < -0.4 is 0 Å². The largest absolute Gasteiger partial charge is 0.272 e. The summed E-state index contributed by atoms with van der Waals surface area (Å²) in [6.45, 7) is 2.62. The number of aromatic nitrogens is 1. The summed E-state index contributed by atoms with van der Waals surface area (Å²) in [4.78, 5) is 3.78. The Morgan fingerprint density at radius 3 is 1.37 bits per heavy atom. The molecule has 0 spiro atoms. The molecule has 0 aromatic carbocycles. The second kappa shape index (κ2) is 25.4. The number of thiol groups is 1. The van der Waals surface area contributed by atoms with Crippen molar-refractivity contribution in [1.82, 2.24) is 4.98 Å². The smallest absolute Gasteiger partial charge is 0.257 e. The lowest BCUT2D eigenvalue weighted by molar-refractivity contribution is 0.319. The normalized spacial score (nSPS) is 10.1. The Bertz CT molecular complexity index is 410. The van der Waals surface area contributed by atoms with Gasteiger partial charge in [-0.3, -0.25) is 9.17 Å². The lowest BCUT2D eigenvalue weighted by atomic mass is 10.0. The molecule has 1 rings (SSSR count). The molecule has 0 fully saturated rings. The first-order valence-electron chi connectivity index (χ1n) is 10.4. The van der Waals surface area contributed by atoms with Gasteiger partial charge < -0.3 is 0 Å². The molecule has 0 bridgehead atoms. The molecule has 0 atom stereocenters. The second-order valence-electron chi connectivity index (χ2n) is 6.68. The highest BCUT2D eigenvalue weighted by Crippen LogP contribution is 2.12. The highest BCUT2D eigenvalue weighted by Gasteiger charge is 1.94. The fourth-order valence-electron chi connectivity index (χ4n) is 2.75. The van der Waals surface area contributed by atoms with Gasteiger partial charge in [0.05, 0.1) is 6.61 Å². The molecule has 27 heavy (non-hydrogen) atoms. The van der Waals surface area contributed by atoms with Gasteiger partial charge in [0.15, 0.2) is 0 Å². The maximum atomic E-state index is 10.1. The molecule has 0 saturated carbocycles. The average molecular weight is 422 g/mol. The Morgan fingerprint density at radius 1 is 0.667 bits per heavy atom. The molecule has 0 unspecified atom stereocenters. The van der Waals surface area contributed by atoms with Gasteiger partial charge >= 0.3 is 0 Å². The van der Waals surface area contributed by atoms with E-state index in [1.807, 2.05) is 18.2 Å². The van der Waals surface area contributed by atoms with Crippen LogP contribution in [0.2, 0.25) is 0 Å². The van der Waals surface area contributed by atoms with Crippen LogP contribution in [0.3, 0.4) is 0 Å². The molecule has 1 aromatic rings. The number of pyridine rings is 1. The van der Waals surface area contributed by atoms with Gasteiger partial charge in [-0.15, -0.1) is 12.4 Å². The molecule has 1 heterocycles. The van der Waals surface area contributed by atoms with E-state index in [0.717, 1.165) is 12.8 Å². The predicted octanol–water partition coefficient (Wildman–Crippen LogP) is 6.51. The SMILES string of the molecule is CCCCCCCCCCCCCCCCO[SH](=O)=O.Cl.c1ccncc1. The Morgan fingerprint density at radius 2 is 1.07 bits per heavy atom. The number of nitrogens with zero attached hydrogens (tertiary/aromatic N) is 1. The fourth-order valence-corrected chi connectivity index (χ4v) is 3.03. The van der Waals surface area contributed by atoms with Gasteiger partial charge in [-0.2, -0.15) is 0 Å². The van der Waals surface area contributed by atoms with Gasteiger partial charge in [0.1, 0.15) is 0 Å². The molecule has 0 amide bonds. The summed E-state index contributed by atoms with van der Waals surface area (Å²) in [5.41, 5.74) is 0. The zero-order chi connectivity index (χ0) is 19.1. The average Bonchev–Trinajstić information content (AvgIpc) is 2.66. The van der Waals surface area contributed by atoms with E-state index in [2.05, 4.69) is 16.1 Å². The van der Waals surface area contributed by atoms with Crippen molar-refractivity contribution < 1.29 is 12.6 Å². The van der Waals surface area contributed by atoms with Crippen molar-refractivity contribution in [2.75, 3.05) is 6.61 Å². The fraction of sp³-hybridized carbons (Fsp3) is 0.762. The standard InChI is InChI=1S/C16H34O3S.C5H5N.ClH/c1-2-3-4-5-6-7-8-9-10-11-12-13-14-15-16-19-20(17)18;1-2-4-6-5-3-1;/h20H,2-16H2,1H3;1-5H;1H. The molecule has 4 nitrogen and oxygen atoms in total. The minimum atomic E-state index is -2.64. The summed E-state index contributed by atoms with van der Waals surface area (Å²) in [5.74, 6) is 0. The Hall–Kier alpha value is -0.650. The van der Waals surface area contributed by atoms with E-state index in [1.54, 1.807) is 12.4 Å². The summed E-state index contributed by atoms with van der Waals surface area (Å²) in [6, 6.07) is 5.72. The van der Waals surface area contributed by atoms with Crippen molar-refractivity contribution in [2.24, 2.45) is 0 Å². The molecule has 0 N–H and O–H groups in total. The van der Waals surface area contributed by atoms with Crippen LogP contribution >= 0.6 is 12.4 Å². The van der Waals surface area contributed by atoms with Crippen LogP contribution in [0.4, 0.5) is 0 Å². The van der Waals surface area contributed by atoms with Crippen LogP contribution in [0.25, 0.3) is 0 Å². The van der Waals surface area contributed by atoms with Crippen molar-refractivity contribution in [1.29, 1.82) is 0 Å². The van der Waals surface area contributed by atoms with E-state index in [9.17, 15) is 8.42 Å². The molecule has 0 radical (unpaired) electrons. The molecule has 0 aliphatic heterocycles. The number of halogens is 1. The minimum Gasteiger partial charge on any atom is -0.272 e. The third-order valence-corrected chi connectivity index (χ3v) is 4.65. The monoisotopic (exact) mass is 421 g/mol. The van der Waals surface area contributed by atoms with E-state index in [0.29, 0.717) is 6.61 Å². The summed E-state index contributed by atoms with van der Waals surface area (Å²) in [6.07, 6.45) is 21.8. The third-order valence-electron chi connectivity index (χ3n) is 4.26. The Kier molecular flexibility index (Phi) is 26.8. The van der Waals surface area contributed by atoms with Crippen LogP contribution in [0, 0.1) is 0 Å². The molecular formula is C21H40ClNO3S. The second-order valence-corrected chi connectivity index (χ2v) is 7.38. The summed E-state index contributed by atoms with van der Waals surface area (Å²) in [5, 5.41) is 0. The molecule has 6 heteroatoms. The topological polar surface area (TPSA) is 56.3 Å². The van der Waals surface area contributed by atoms with Gasteiger partial charge in [0.25, 0.3) is 11.0 Å². The van der Waals surface area contributed by atoms with Crippen molar-refractivity contribution in [3.8, 4) is 0 Å². The van der Waals surface area contributed by atoms with Crippen molar-refractivity contribution in [3.05, 3.63) is 30.6 Å². The maximum absolute atomic E-state index is 10.1. The maximum Gasteiger partial charge on any atom is 0.257 e. The van der Waals surface area contributed by atoms with Crippen molar-refractivity contribution in [2.45, 2.75) is 96.8 Å². The minimum absolute atomic E-state index is 0. The van der Waals surface area contributed by atoms with E-state index >= 15 is 0 Å². The number of hydrogen-bond donors (Lipinski definition) is 1. The van der Waals surface area contributed by atoms with Crippen LogP contribution in [0.1, 0.15) is 96.8 Å². The molecule has 1 aromatic heterocycles. The van der Waals surface area contributed by atoms with E-state index in [-0.39, 0.29) is 12.4 Å². The van der Waals surface area contributed by atoms with Crippen LogP contribution in [0.5, 0.6) is 0 Å². The molecular weight excluding hydrogens is 382 g/mol. The van der Waals surface area contributed by atoms with Crippen LogP contribution in [0.15, 0.2) is 30.6 Å². The van der Waals surface area contributed by atoms with E-state index in [4.69, 9.17) is 0 Å². The molecule has 0 aliphatic carbocycles. The zero-order valence-electron chi connectivity index (χ0n) is 17.0. The van der Waals surface area contributed by atoms with Gasteiger partial charge in [-0.05, 0) is 18.6 Å². The Labute approximate surface area is 175 Å². The summed E-state index contributed by atoms with van der Waals surface area (Å²) < 4.78 is 24.8. The van der Waals surface area contributed by atoms with Gasteiger partial charge in [-0.25, -0.2) is 8.42 Å². The number of unbranched alkanes of at least 4 members (excludes halogenated alkanes) is 13. The summed E-state index contributed by atoms with van der Waals surface area (Å²) >= 11 is 0. The number of hydrogen-bond acceptors (Lipinski definition) is 4. The van der Waals surface area contributed by atoms with E-state index < -0.39 is 11.0 Å². The molecule has 0 aliphatic rings.